The quantitative estimate of drug-likeness (QED) is 0.527. The second-order valence-corrected chi connectivity index (χ2v) is 6.65. The van der Waals surface area contributed by atoms with Gasteiger partial charge in [-0.25, -0.2) is 14.6 Å². The van der Waals surface area contributed by atoms with Crippen molar-refractivity contribution < 1.29 is 4.79 Å². The van der Waals surface area contributed by atoms with E-state index in [1.807, 2.05) is 30.5 Å². The van der Waals surface area contributed by atoms with Crippen LogP contribution in [-0.4, -0.2) is 35.9 Å². The van der Waals surface area contributed by atoms with Gasteiger partial charge in [0.1, 0.15) is 11.4 Å². The van der Waals surface area contributed by atoms with Gasteiger partial charge in [0.25, 0.3) is 5.91 Å². The van der Waals surface area contributed by atoms with Crippen molar-refractivity contribution in [3.05, 3.63) is 65.7 Å². The van der Waals surface area contributed by atoms with Crippen LogP contribution in [0.1, 0.15) is 29.5 Å². The lowest BCUT2D eigenvalue weighted by atomic mass is 10.2. The second-order valence-electron chi connectivity index (χ2n) is 5.79. The first-order chi connectivity index (χ1) is 14.2. The molecule has 4 aromatic heterocycles. The molecule has 0 aliphatic heterocycles. The molecule has 1 amide bonds. The summed E-state index contributed by atoms with van der Waals surface area (Å²) >= 11 is 1.32. The minimum atomic E-state index is -0.358. The molecule has 4 rings (SSSR count). The van der Waals surface area contributed by atoms with Crippen molar-refractivity contribution in [2.75, 3.05) is 5.32 Å². The number of rotatable bonds is 4. The van der Waals surface area contributed by atoms with E-state index >= 15 is 0 Å². The fourth-order valence-electron chi connectivity index (χ4n) is 2.50. The SMILES string of the molecule is CCC#Cc1cccc(-c2csc(NC(=O)c3cnnn3-c3ccncc3)n2)n1. The first-order valence-electron chi connectivity index (χ1n) is 8.79. The predicted molar refractivity (Wildman–Crippen MR) is 110 cm³/mol. The Morgan fingerprint density at radius 1 is 1.17 bits per heavy atom. The lowest BCUT2D eigenvalue weighted by Gasteiger charge is -2.05. The molecule has 0 aromatic carbocycles. The maximum Gasteiger partial charge on any atom is 0.277 e. The van der Waals surface area contributed by atoms with E-state index in [-0.39, 0.29) is 5.91 Å². The highest BCUT2D eigenvalue weighted by atomic mass is 32.1. The Morgan fingerprint density at radius 2 is 2.03 bits per heavy atom. The molecule has 0 bridgehead atoms. The van der Waals surface area contributed by atoms with E-state index in [1.165, 1.54) is 22.2 Å². The minimum absolute atomic E-state index is 0.294. The molecule has 0 spiro atoms. The highest BCUT2D eigenvalue weighted by Crippen LogP contribution is 2.24. The maximum absolute atomic E-state index is 12.7. The van der Waals surface area contributed by atoms with Gasteiger partial charge < -0.3 is 0 Å². The Balaban J connectivity index is 1.53. The highest BCUT2D eigenvalue weighted by molar-refractivity contribution is 7.14. The molecule has 0 atom stereocenters. The van der Waals surface area contributed by atoms with Crippen LogP contribution in [0.5, 0.6) is 0 Å². The number of thiazole rings is 1. The van der Waals surface area contributed by atoms with Gasteiger partial charge in [-0.2, -0.15) is 0 Å². The first-order valence-corrected chi connectivity index (χ1v) is 9.67. The Labute approximate surface area is 170 Å². The van der Waals surface area contributed by atoms with E-state index < -0.39 is 0 Å². The van der Waals surface area contributed by atoms with Crippen LogP contribution in [-0.2, 0) is 0 Å². The first kappa shape index (κ1) is 18.5. The van der Waals surface area contributed by atoms with Crippen molar-refractivity contribution in [2.24, 2.45) is 0 Å². The monoisotopic (exact) mass is 401 g/mol. The zero-order valence-electron chi connectivity index (χ0n) is 15.4. The molecule has 1 N–H and O–H groups in total. The molecule has 4 aromatic rings. The van der Waals surface area contributed by atoms with Gasteiger partial charge in [-0.15, -0.1) is 16.4 Å². The molecule has 0 radical (unpaired) electrons. The van der Waals surface area contributed by atoms with E-state index in [0.29, 0.717) is 33.6 Å². The van der Waals surface area contributed by atoms with Crippen LogP contribution in [0.4, 0.5) is 5.13 Å². The smallest absolute Gasteiger partial charge is 0.277 e. The van der Waals surface area contributed by atoms with Crippen molar-refractivity contribution in [3.63, 3.8) is 0 Å². The van der Waals surface area contributed by atoms with Crippen molar-refractivity contribution in [3.8, 4) is 28.9 Å². The van der Waals surface area contributed by atoms with E-state index in [4.69, 9.17) is 0 Å². The van der Waals surface area contributed by atoms with Crippen LogP contribution in [0.15, 0.2) is 54.3 Å². The third kappa shape index (κ3) is 4.17. The van der Waals surface area contributed by atoms with Gasteiger partial charge in [0, 0.05) is 24.2 Å². The second kappa shape index (κ2) is 8.41. The van der Waals surface area contributed by atoms with Crippen LogP contribution in [0.3, 0.4) is 0 Å². The average Bonchev–Trinajstić information content (AvgIpc) is 3.43. The average molecular weight is 401 g/mol. The Kier molecular flexibility index (Phi) is 5.36. The molecule has 0 fully saturated rings. The molecule has 0 aliphatic rings. The molecule has 142 valence electrons. The Hall–Kier alpha value is -3.90. The lowest BCUT2D eigenvalue weighted by molar-refractivity contribution is 0.101. The fraction of sp³-hybridized carbons (Fsp3) is 0.100. The molecule has 0 unspecified atom stereocenters. The molecule has 0 saturated carbocycles. The molecular weight excluding hydrogens is 386 g/mol. The molecule has 0 aliphatic carbocycles. The number of carbonyl (C=O) groups is 1. The molecular formula is C20H15N7OS. The van der Waals surface area contributed by atoms with Gasteiger partial charge in [-0.1, -0.05) is 24.1 Å². The molecule has 9 heteroatoms. The van der Waals surface area contributed by atoms with Gasteiger partial charge in [0.2, 0.25) is 0 Å². The number of amides is 1. The fourth-order valence-corrected chi connectivity index (χ4v) is 3.20. The van der Waals surface area contributed by atoms with E-state index in [2.05, 4.69) is 42.4 Å². The van der Waals surface area contributed by atoms with Crippen LogP contribution < -0.4 is 5.32 Å². The number of anilines is 1. The third-order valence-corrected chi connectivity index (χ3v) is 4.58. The zero-order valence-corrected chi connectivity index (χ0v) is 16.2. The number of carbonyl (C=O) groups excluding carboxylic acids is 1. The summed E-state index contributed by atoms with van der Waals surface area (Å²) in [6, 6.07) is 9.09. The van der Waals surface area contributed by atoms with Crippen molar-refractivity contribution in [1.29, 1.82) is 0 Å². The van der Waals surface area contributed by atoms with Crippen molar-refractivity contribution >= 4 is 22.4 Å². The van der Waals surface area contributed by atoms with Gasteiger partial charge in [-0.05, 0) is 30.2 Å². The van der Waals surface area contributed by atoms with Crippen LogP contribution >= 0.6 is 11.3 Å². The van der Waals surface area contributed by atoms with Crippen LogP contribution in [0.2, 0.25) is 0 Å². The predicted octanol–water partition coefficient (Wildman–Crippen LogP) is 3.19. The van der Waals surface area contributed by atoms with Crippen molar-refractivity contribution in [1.82, 2.24) is 29.9 Å². The summed E-state index contributed by atoms with van der Waals surface area (Å²) in [7, 11) is 0. The number of pyridine rings is 2. The zero-order chi connectivity index (χ0) is 20.1. The Bertz CT molecular complexity index is 1200. The van der Waals surface area contributed by atoms with Crippen LogP contribution in [0.25, 0.3) is 17.1 Å². The van der Waals surface area contributed by atoms with Crippen LogP contribution in [0, 0.1) is 11.8 Å². The van der Waals surface area contributed by atoms with E-state index in [1.54, 1.807) is 24.5 Å². The summed E-state index contributed by atoms with van der Waals surface area (Å²) < 4.78 is 1.45. The number of nitrogens with one attached hydrogen (secondary N) is 1. The summed E-state index contributed by atoms with van der Waals surface area (Å²) in [5.41, 5.74) is 3.05. The number of aromatic nitrogens is 6. The summed E-state index contributed by atoms with van der Waals surface area (Å²) in [5, 5.41) is 12.9. The summed E-state index contributed by atoms with van der Waals surface area (Å²) in [4.78, 5) is 25.6. The Morgan fingerprint density at radius 3 is 2.86 bits per heavy atom. The topological polar surface area (TPSA) is 98.5 Å². The number of hydrogen-bond donors (Lipinski definition) is 1. The minimum Gasteiger partial charge on any atom is -0.296 e. The highest BCUT2D eigenvalue weighted by Gasteiger charge is 2.16. The third-order valence-electron chi connectivity index (χ3n) is 3.82. The number of nitrogens with zero attached hydrogens (tertiary/aromatic N) is 6. The van der Waals surface area contributed by atoms with Gasteiger partial charge >= 0.3 is 0 Å². The van der Waals surface area contributed by atoms with Gasteiger partial charge in [0.15, 0.2) is 10.8 Å². The summed E-state index contributed by atoms with van der Waals surface area (Å²) in [6.07, 6.45) is 5.42. The summed E-state index contributed by atoms with van der Waals surface area (Å²) in [6.45, 7) is 1.99. The lowest BCUT2D eigenvalue weighted by Crippen LogP contribution is -2.16. The summed E-state index contributed by atoms with van der Waals surface area (Å²) in [5.74, 6) is 5.65. The molecule has 8 nitrogen and oxygen atoms in total. The van der Waals surface area contributed by atoms with Gasteiger partial charge in [-0.3, -0.25) is 15.1 Å². The van der Waals surface area contributed by atoms with Gasteiger partial charge in [0.05, 0.1) is 17.6 Å². The number of hydrogen-bond acceptors (Lipinski definition) is 7. The molecule has 29 heavy (non-hydrogen) atoms. The normalized spacial score (nSPS) is 10.2. The maximum atomic E-state index is 12.7. The standard InChI is InChI=1S/C20H15N7OS/c1-2-3-5-14-6-4-7-16(23-14)17-13-29-20(24-17)25-19(28)18-12-22-26-27(18)15-8-10-21-11-9-15/h4,6-13H,2H2,1H3,(H,24,25,28). The van der Waals surface area contributed by atoms with E-state index in [0.717, 1.165) is 6.42 Å². The molecule has 0 saturated heterocycles. The largest absolute Gasteiger partial charge is 0.296 e. The molecule has 4 heterocycles. The van der Waals surface area contributed by atoms with E-state index in [9.17, 15) is 4.79 Å². The van der Waals surface area contributed by atoms with Crippen molar-refractivity contribution in [2.45, 2.75) is 13.3 Å².